The van der Waals surface area contributed by atoms with Crippen LogP contribution in [0.3, 0.4) is 0 Å². The van der Waals surface area contributed by atoms with E-state index in [4.69, 9.17) is 4.74 Å². The maximum absolute atomic E-state index is 12.7. The number of amides is 1. The van der Waals surface area contributed by atoms with Crippen LogP contribution in [0.2, 0.25) is 0 Å². The van der Waals surface area contributed by atoms with Crippen molar-refractivity contribution in [1.29, 1.82) is 0 Å². The smallest absolute Gasteiger partial charge is 0.262 e. The van der Waals surface area contributed by atoms with Gasteiger partial charge in [0.2, 0.25) is 0 Å². The van der Waals surface area contributed by atoms with Gasteiger partial charge in [0.15, 0.2) is 0 Å². The first-order chi connectivity index (χ1) is 11.8. The zero-order chi connectivity index (χ0) is 18.4. The molecule has 0 aliphatic heterocycles. The minimum Gasteiger partial charge on any atom is -0.492 e. The second-order valence-electron chi connectivity index (χ2n) is 5.69. The second-order valence-corrected chi connectivity index (χ2v) is 7.37. The number of hydrogen-bond donors (Lipinski definition) is 2. The van der Waals surface area contributed by atoms with Gasteiger partial charge in [0.05, 0.1) is 17.2 Å². The fourth-order valence-corrected chi connectivity index (χ4v) is 3.30. The van der Waals surface area contributed by atoms with E-state index in [2.05, 4.69) is 10.0 Å². The number of sulfonamides is 1. The lowest BCUT2D eigenvalue weighted by atomic mass is 10.2. The third-order valence-electron chi connectivity index (χ3n) is 3.26. The molecule has 0 atom stereocenters. The minimum absolute atomic E-state index is 0.00945. The van der Waals surface area contributed by atoms with Gasteiger partial charge in [0.1, 0.15) is 5.75 Å². The molecule has 2 N–H and O–H groups in total. The van der Waals surface area contributed by atoms with Gasteiger partial charge in [0, 0.05) is 11.6 Å². The fourth-order valence-electron chi connectivity index (χ4n) is 2.19. The summed E-state index contributed by atoms with van der Waals surface area (Å²) in [5, 5.41) is 2.74. The summed E-state index contributed by atoms with van der Waals surface area (Å²) in [6, 6.07) is 12.7. The Morgan fingerprint density at radius 3 is 2.52 bits per heavy atom. The highest BCUT2D eigenvalue weighted by molar-refractivity contribution is 7.92. The number of carbonyl (C=O) groups excluding carboxylic acids is 1. The molecule has 1 amide bonds. The van der Waals surface area contributed by atoms with Crippen molar-refractivity contribution in [2.24, 2.45) is 0 Å². The molecule has 0 aliphatic carbocycles. The van der Waals surface area contributed by atoms with Crippen molar-refractivity contribution in [2.75, 3.05) is 11.3 Å². The zero-order valence-electron chi connectivity index (χ0n) is 14.4. The Labute approximate surface area is 148 Å². The predicted octanol–water partition coefficient (Wildman–Crippen LogP) is 3.02. The van der Waals surface area contributed by atoms with Crippen LogP contribution in [0.1, 0.15) is 31.1 Å². The first kappa shape index (κ1) is 18.8. The molecule has 7 heteroatoms. The van der Waals surface area contributed by atoms with Crippen molar-refractivity contribution in [3.63, 3.8) is 0 Å². The van der Waals surface area contributed by atoms with Crippen LogP contribution in [0.4, 0.5) is 5.69 Å². The highest BCUT2D eigenvalue weighted by atomic mass is 32.2. The molecule has 0 heterocycles. The molecule has 0 aromatic heterocycles. The van der Waals surface area contributed by atoms with Gasteiger partial charge in [-0.05, 0) is 51.1 Å². The van der Waals surface area contributed by atoms with E-state index in [0.29, 0.717) is 18.0 Å². The molecular formula is C18H22N2O4S. The zero-order valence-corrected chi connectivity index (χ0v) is 15.3. The lowest BCUT2D eigenvalue weighted by Gasteiger charge is -2.13. The first-order valence-electron chi connectivity index (χ1n) is 7.99. The largest absolute Gasteiger partial charge is 0.492 e. The number of hydrogen-bond acceptors (Lipinski definition) is 4. The predicted molar refractivity (Wildman–Crippen MR) is 97.5 cm³/mol. The topological polar surface area (TPSA) is 84.5 Å². The molecule has 6 nitrogen and oxygen atoms in total. The summed E-state index contributed by atoms with van der Waals surface area (Å²) in [6.07, 6.45) is 0. The van der Waals surface area contributed by atoms with E-state index in [0.717, 1.165) is 0 Å². The number of rotatable bonds is 7. The highest BCUT2D eigenvalue weighted by Gasteiger charge is 2.18. The Balaban J connectivity index is 2.30. The molecule has 2 rings (SSSR count). The summed E-state index contributed by atoms with van der Waals surface area (Å²) in [6.45, 7) is 5.92. The van der Waals surface area contributed by atoms with Gasteiger partial charge in [-0.15, -0.1) is 0 Å². The SMILES string of the molecule is CCOc1ccccc1NS(=O)(=O)c1cccc(C(=O)NC(C)C)c1. The second kappa shape index (κ2) is 8.02. The van der Waals surface area contributed by atoms with Crippen LogP contribution >= 0.6 is 0 Å². The van der Waals surface area contributed by atoms with Gasteiger partial charge in [-0.2, -0.15) is 0 Å². The fraction of sp³-hybridized carbons (Fsp3) is 0.278. The maximum Gasteiger partial charge on any atom is 0.262 e. The molecule has 0 saturated carbocycles. The number of para-hydroxylation sites is 2. The Bertz CT molecular complexity index is 848. The Morgan fingerprint density at radius 2 is 1.84 bits per heavy atom. The van der Waals surface area contributed by atoms with Gasteiger partial charge in [-0.3, -0.25) is 9.52 Å². The molecular weight excluding hydrogens is 340 g/mol. The lowest BCUT2D eigenvalue weighted by Crippen LogP contribution is -2.30. The van der Waals surface area contributed by atoms with Crippen LogP contribution in [0, 0.1) is 0 Å². The third kappa shape index (κ3) is 4.96. The van der Waals surface area contributed by atoms with Crippen LogP contribution in [0.25, 0.3) is 0 Å². The summed E-state index contributed by atoms with van der Waals surface area (Å²) in [4.78, 5) is 12.1. The van der Waals surface area contributed by atoms with Crippen molar-refractivity contribution in [2.45, 2.75) is 31.7 Å². The minimum atomic E-state index is -3.85. The van der Waals surface area contributed by atoms with Crippen molar-refractivity contribution in [3.05, 3.63) is 54.1 Å². The van der Waals surface area contributed by atoms with Gasteiger partial charge in [0.25, 0.3) is 15.9 Å². The van der Waals surface area contributed by atoms with Crippen LogP contribution in [-0.2, 0) is 10.0 Å². The van der Waals surface area contributed by atoms with E-state index in [1.54, 1.807) is 30.3 Å². The number of anilines is 1. The van der Waals surface area contributed by atoms with Gasteiger partial charge >= 0.3 is 0 Å². The van der Waals surface area contributed by atoms with Crippen LogP contribution < -0.4 is 14.8 Å². The lowest BCUT2D eigenvalue weighted by molar-refractivity contribution is 0.0943. The quantitative estimate of drug-likeness (QED) is 0.793. The van der Waals surface area contributed by atoms with Gasteiger partial charge in [-0.1, -0.05) is 18.2 Å². The monoisotopic (exact) mass is 362 g/mol. The third-order valence-corrected chi connectivity index (χ3v) is 4.62. The molecule has 2 aromatic carbocycles. The van der Waals surface area contributed by atoms with Crippen molar-refractivity contribution in [1.82, 2.24) is 5.32 Å². The van der Waals surface area contributed by atoms with Crippen LogP contribution in [0.5, 0.6) is 5.75 Å². The van der Waals surface area contributed by atoms with Crippen molar-refractivity contribution in [3.8, 4) is 5.75 Å². The number of nitrogens with one attached hydrogen (secondary N) is 2. The summed E-state index contributed by atoms with van der Waals surface area (Å²) in [5.41, 5.74) is 0.635. The Morgan fingerprint density at radius 1 is 1.12 bits per heavy atom. The molecule has 0 bridgehead atoms. The summed E-state index contributed by atoms with van der Waals surface area (Å²) >= 11 is 0. The van der Waals surface area contributed by atoms with Crippen molar-refractivity contribution < 1.29 is 17.9 Å². The summed E-state index contributed by atoms with van der Waals surface area (Å²) in [7, 11) is -3.85. The van der Waals surface area contributed by atoms with E-state index in [1.165, 1.54) is 18.2 Å². The number of ether oxygens (including phenoxy) is 1. The molecule has 0 saturated heterocycles. The number of benzene rings is 2. The first-order valence-corrected chi connectivity index (χ1v) is 9.47. The van der Waals surface area contributed by atoms with E-state index in [9.17, 15) is 13.2 Å². The highest BCUT2D eigenvalue weighted by Crippen LogP contribution is 2.26. The standard InChI is InChI=1S/C18H22N2O4S/c1-4-24-17-11-6-5-10-16(17)20-25(22,23)15-9-7-8-14(12-15)18(21)19-13(2)3/h5-13,20H,4H2,1-3H3,(H,19,21). The molecule has 0 radical (unpaired) electrons. The molecule has 0 unspecified atom stereocenters. The summed E-state index contributed by atoms with van der Waals surface area (Å²) < 4.78 is 33.3. The average Bonchev–Trinajstić information content (AvgIpc) is 2.56. The maximum atomic E-state index is 12.7. The molecule has 25 heavy (non-hydrogen) atoms. The molecule has 0 spiro atoms. The number of carbonyl (C=O) groups is 1. The average molecular weight is 362 g/mol. The summed E-state index contributed by atoms with van der Waals surface area (Å²) in [5.74, 6) is 0.129. The van der Waals surface area contributed by atoms with E-state index in [-0.39, 0.29) is 22.4 Å². The molecule has 0 aliphatic rings. The van der Waals surface area contributed by atoms with E-state index >= 15 is 0 Å². The van der Waals surface area contributed by atoms with Gasteiger partial charge in [-0.25, -0.2) is 8.42 Å². The molecule has 134 valence electrons. The van der Waals surface area contributed by atoms with E-state index < -0.39 is 10.0 Å². The Hall–Kier alpha value is -2.54. The Kier molecular flexibility index (Phi) is 6.03. The molecule has 0 fully saturated rings. The van der Waals surface area contributed by atoms with Crippen LogP contribution in [0.15, 0.2) is 53.4 Å². The van der Waals surface area contributed by atoms with Crippen LogP contribution in [-0.4, -0.2) is 27.0 Å². The van der Waals surface area contributed by atoms with Crippen molar-refractivity contribution >= 4 is 21.6 Å². The molecule has 2 aromatic rings. The van der Waals surface area contributed by atoms with E-state index in [1.807, 2.05) is 20.8 Å². The normalized spacial score (nSPS) is 11.2. The van der Waals surface area contributed by atoms with Gasteiger partial charge < -0.3 is 10.1 Å².